The van der Waals surface area contributed by atoms with Gasteiger partial charge >= 0.3 is 0 Å². The molecule has 1 heterocycles. The third-order valence-corrected chi connectivity index (χ3v) is 7.15. The van der Waals surface area contributed by atoms with Crippen molar-refractivity contribution in [2.75, 3.05) is 30.3 Å². The quantitative estimate of drug-likeness (QED) is 0.635. The molecule has 2 N–H and O–H groups in total. The highest BCUT2D eigenvalue weighted by Gasteiger charge is 2.25. The standard InChI is InChI=1S/C24H31N3O5S/c1-24(2,3)23(29)26-19-8-7-9-20(16-19)32-17-22(28)25-18-10-12-21(13-11-18)33(30,31)27-14-5-4-6-15-27/h7-13,16H,4-6,14-15,17H2,1-3H3,(H,25,28)(H,26,29). The maximum Gasteiger partial charge on any atom is 0.262 e. The Morgan fingerprint density at radius 1 is 0.939 bits per heavy atom. The van der Waals surface area contributed by atoms with Crippen molar-refractivity contribution in [2.24, 2.45) is 5.41 Å². The molecule has 8 nitrogen and oxygen atoms in total. The van der Waals surface area contributed by atoms with Crippen LogP contribution in [0.3, 0.4) is 0 Å². The SMILES string of the molecule is CC(C)(C)C(=O)Nc1cccc(OCC(=O)Nc2ccc(S(=O)(=O)N3CCCCC3)cc2)c1. The molecule has 178 valence electrons. The Labute approximate surface area is 195 Å². The number of hydrogen-bond acceptors (Lipinski definition) is 5. The highest BCUT2D eigenvalue weighted by molar-refractivity contribution is 7.89. The summed E-state index contributed by atoms with van der Waals surface area (Å²) in [5, 5.41) is 5.51. The molecule has 2 aromatic rings. The largest absolute Gasteiger partial charge is 0.484 e. The zero-order valence-electron chi connectivity index (χ0n) is 19.3. The van der Waals surface area contributed by atoms with Crippen molar-refractivity contribution in [1.82, 2.24) is 4.31 Å². The third-order valence-electron chi connectivity index (χ3n) is 5.23. The number of nitrogens with zero attached hydrogens (tertiary/aromatic N) is 1. The van der Waals surface area contributed by atoms with E-state index in [9.17, 15) is 18.0 Å². The number of ether oxygens (including phenoxy) is 1. The van der Waals surface area contributed by atoms with Crippen LogP contribution in [0.2, 0.25) is 0 Å². The van der Waals surface area contributed by atoms with E-state index in [4.69, 9.17) is 4.74 Å². The summed E-state index contributed by atoms with van der Waals surface area (Å²) in [6.07, 6.45) is 2.80. The lowest BCUT2D eigenvalue weighted by molar-refractivity contribution is -0.123. The number of sulfonamides is 1. The van der Waals surface area contributed by atoms with Crippen molar-refractivity contribution in [3.05, 3.63) is 48.5 Å². The highest BCUT2D eigenvalue weighted by atomic mass is 32.2. The zero-order valence-corrected chi connectivity index (χ0v) is 20.1. The fourth-order valence-corrected chi connectivity index (χ4v) is 4.81. The zero-order chi connectivity index (χ0) is 24.1. The fourth-order valence-electron chi connectivity index (χ4n) is 3.29. The van der Waals surface area contributed by atoms with Gasteiger partial charge in [-0.05, 0) is 49.2 Å². The van der Waals surface area contributed by atoms with E-state index < -0.39 is 15.4 Å². The van der Waals surface area contributed by atoms with Crippen molar-refractivity contribution in [3.8, 4) is 5.75 Å². The minimum Gasteiger partial charge on any atom is -0.484 e. The molecule has 0 bridgehead atoms. The van der Waals surface area contributed by atoms with Crippen LogP contribution < -0.4 is 15.4 Å². The average molecular weight is 474 g/mol. The molecular formula is C24H31N3O5S. The molecule has 0 aliphatic carbocycles. The van der Waals surface area contributed by atoms with Crippen LogP contribution in [0.25, 0.3) is 0 Å². The molecule has 0 unspecified atom stereocenters. The van der Waals surface area contributed by atoms with Crippen LogP contribution in [0, 0.1) is 5.41 Å². The number of rotatable bonds is 7. The predicted molar refractivity (Wildman–Crippen MR) is 128 cm³/mol. The molecule has 2 aromatic carbocycles. The first-order chi connectivity index (χ1) is 15.6. The van der Waals surface area contributed by atoms with Crippen LogP contribution in [0.15, 0.2) is 53.4 Å². The number of nitrogens with one attached hydrogen (secondary N) is 2. The van der Waals surface area contributed by atoms with Crippen LogP contribution in [0.1, 0.15) is 40.0 Å². The smallest absolute Gasteiger partial charge is 0.262 e. The highest BCUT2D eigenvalue weighted by Crippen LogP contribution is 2.23. The summed E-state index contributed by atoms with van der Waals surface area (Å²) >= 11 is 0. The van der Waals surface area contributed by atoms with E-state index in [0.717, 1.165) is 19.3 Å². The normalized spacial score (nSPS) is 15.0. The number of carbonyl (C=O) groups is 2. The molecule has 3 rings (SSSR count). The lowest BCUT2D eigenvalue weighted by Gasteiger charge is -2.25. The molecule has 9 heteroatoms. The van der Waals surface area contributed by atoms with E-state index in [1.807, 2.05) is 20.8 Å². The Bertz CT molecular complexity index is 1090. The number of benzene rings is 2. The molecule has 0 aromatic heterocycles. The number of piperidine rings is 1. The topological polar surface area (TPSA) is 105 Å². The molecular weight excluding hydrogens is 442 g/mol. The Morgan fingerprint density at radius 3 is 2.24 bits per heavy atom. The van der Waals surface area contributed by atoms with E-state index in [2.05, 4.69) is 10.6 Å². The molecule has 1 aliphatic heterocycles. The summed E-state index contributed by atoms with van der Waals surface area (Å²) in [6, 6.07) is 13.0. The minimum absolute atomic E-state index is 0.122. The van der Waals surface area contributed by atoms with Gasteiger partial charge in [-0.25, -0.2) is 8.42 Å². The van der Waals surface area contributed by atoms with E-state index >= 15 is 0 Å². The first kappa shape index (κ1) is 24.7. The first-order valence-corrected chi connectivity index (χ1v) is 12.4. The van der Waals surface area contributed by atoms with E-state index in [1.165, 1.54) is 16.4 Å². The number of hydrogen-bond donors (Lipinski definition) is 2. The summed E-state index contributed by atoms with van der Waals surface area (Å²) < 4.78 is 32.5. The average Bonchev–Trinajstić information content (AvgIpc) is 2.78. The van der Waals surface area contributed by atoms with Gasteiger partial charge in [-0.1, -0.05) is 33.3 Å². The summed E-state index contributed by atoms with van der Waals surface area (Å²) in [5.74, 6) is -0.0614. The van der Waals surface area contributed by atoms with E-state index in [1.54, 1.807) is 36.4 Å². The maximum atomic E-state index is 12.7. The minimum atomic E-state index is -3.51. The number of carbonyl (C=O) groups excluding carboxylic acids is 2. The molecule has 1 saturated heterocycles. The van der Waals surface area contributed by atoms with Crippen LogP contribution in [0.4, 0.5) is 11.4 Å². The Hall–Kier alpha value is -2.91. The fraction of sp³-hybridized carbons (Fsp3) is 0.417. The van der Waals surface area contributed by atoms with Gasteiger partial charge in [-0.15, -0.1) is 0 Å². The van der Waals surface area contributed by atoms with E-state index in [0.29, 0.717) is 30.2 Å². The lowest BCUT2D eigenvalue weighted by Crippen LogP contribution is -2.35. The second-order valence-corrected chi connectivity index (χ2v) is 11.0. The van der Waals surface area contributed by atoms with Gasteiger partial charge in [0.05, 0.1) is 4.90 Å². The Kier molecular flexibility index (Phi) is 7.76. The van der Waals surface area contributed by atoms with Crippen molar-refractivity contribution in [1.29, 1.82) is 0 Å². The number of anilines is 2. The lowest BCUT2D eigenvalue weighted by atomic mass is 9.95. The van der Waals surface area contributed by atoms with Crippen molar-refractivity contribution in [2.45, 2.75) is 44.9 Å². The summed E-state index contributed by atoms with van der Waals surface area (Å²) in [6.45, 7) is 6.32. The summed E-state index contributed by atoms with van der Waals surface area (Å²) in [4.78, 5) is 24.6. The van der Waals surface area contributed by atoms with Gasteiger partial charge in [0.25, 0.3) is 5.91 Å². The molecule has 2 amide bonds. The molecule has 0 atom stereocenters. The first-order valence-electron chi connectivity index (χ1n) is 11.0. The Morgan fingerprint density at radius 2 is 1.61 bits per heavy atom. The number of amides is 2. The van der Waals surface area contributed by atoms with Gasteiger partial charge in [-0.2, -0.15) is 4.31 Å². The third kappa shape index (κ3) is 6.79. The predicted octanol–water partition coefficient (Wildman–Crippen LogP) is 3.86. The molecule has 0 saturated carbocycles. The van der Waals surface area contributed by atoms with Crippen LogP contribution in [-0.2, 0) is 19.6 Å². The van der Waals surface area contributed by atoms with E-state index in [-0.39, 0.29) is 23.3 Å². The van der Waals surface area contributed by atoms with Gasteiger partial charge in [0.2, 0.25) is 15.9 Å². The second kappa shape index (κ2) is 10.4. The van der Waals surface area contributed by atoms with Crippen molar-refractivity contribution < 1.29 is 22.7 Å². The summed E-state index contributed by atoms with van der Waals surface area (Å²) in [5.41, 5.74) is 0.532. The monoisotopic (exact) mass is 473 g/mol. The molecule has 1 fully saturated rings. The van der Waals surface area contributed by atoms with Crippen molar-refractivity contribution in [3.63, 3.8) is 0 Å². The molecule has 1 aliphatic rings. The Balaban J connectivity index is 1.54. The molecule has 0 radical (unpaired) electrons. The molecule has 0 spiro atoms. The molecule has 33 heavy (non-hydrogen) atoms. The van der Waals surface area contributed by atoms with Crippen LogP contribution in [0.5, 0.6) is 5.75 Å². The van der Waals surface area contributed by atoms with Crippen LogP contribution >= 0.6 is 0 Å². The van der Waals surface area contributed by atoms with Gasteiger partial charge in [0.15, 0.2) is 6.61 Å². The van der Waals surface area contributed by atoms with Gasteiger partial charge in [0, 0.05) is 35.9 Å². The summed E-state index contributed by atoms with van der Waals surface area (Å²) in [7, 11) is -3.51. The van der Waals surface area contributed by atoms with Crippen molar-refractivity contribution >= 4 is 33.2 Å². The maximum absolute atomic E-state index is 12.7. The van der Waals surface area contributed by atoms with Gasteiger partial charge in [-0.3, -0.25) is 9.59 Å². The van der Waals surface area contributed by atoms with Gasteiger partial charge in [0.1, 0.15) is 5.75 Å². The van der Waals surface area contributed by atoms with Gasteiger partial charge < -0.3 is 15.4 Å². The van der Waals surface area contributed by atoms with Crippen LogP contribution in [-0.4, -0.2) is 44.2 Å². The second-order valence-electron chi connectivity index (χ2n) is 9.06.